The summed E-state index contributed by atoms with van der Waals surface area (Å²) in [5.41, 5.74) is 3.99. The van der Waals surface area contributed by atoms with Gasteiger partial charge in [-0.15, -0.1) is 0 Å². The van der Waals surface area contributed by atoms with Crippen LogP contribution in [0.5, 0.6) is 17.2 Å². The topological polar surface area (TPSA) is 93.0 Å². The number of phenols is 3. The first kappa shape index (κ1) is 25.2. The van der Waals surface area contributed by atoms with Crippen molar-refractivity contribution in [3.8, 4) is 17.2 Å². The Morgan fingerprint density at radius 1 is 1.00 bits per heavy atom. The fraction of sp³-hybridized carbons (Fsp3) is 0.393. The first-order valence-corrected chi connectivity index (χ1v) is 11.9. The largest absolute Gasteiger partial charge is 0.508 e. The van der Waals surface area contributed by atoms with Crippen LogP contribution in [0.25, 0.3) is 0 Å². The Morgan fingerprint density at radius 2 is 1.76 bits per heavy atom. The highest BCUT2D eigenvalue weighted by Gasteiger charge is 2.30. The summed E-state index contributed by atoms with van der Waals surface area (Å²) in [5.74, 6) is -0.307. The number of allylic oxidation sites excluding steroid dienone is 4. The molecule has 0 fully saturated rings. The van der Waals surface area contributed by atoms with Gasteiger partial charge in [0.25, 0.3) is 5.91 Å². The minimum Gasteiger partial charge on any atom is -0.508 e. The number of carbonyl (C=O) groups excluding carboxylic acids is 1. The average Bonchev–Trinajstić information content (AvgIpc) is 2.87. The van der Waals surface area contributed by atoms with Gasteiger partial charge in [0, 0.05) is 18.7 Å². The van der Waals surface area contributed by atoms with E-state index in [1.54, 1.807) is 17.0 Å². The number of nitrogens with one attached hydrogen (secondary N) is 1. The Kier molecular flexibility index (Phi) is 8.26. The highest BCUT2D eigenvalue weighted by Crippen LogP contribution is 2.45. The lowest BCUT2D eigenvalue weighted by molar-refractivity contribution is 0.0986. The molecular weight excluding hydrogens is 428 g/mol. The van der Waals surface area contributed by atoms with Crippen molar-refractivity contribution >= 4 is 23.0 Å². The van der Waals surface area contributed by atoms with Gasteiger partial charge in [0.2, 0.25) is 0 Å². The average molecular weight is 465 g/mol. The number of phenolic OH excluding ortho intramolecular Hbond substituents is 3. The maximum atomic E-state index is 13.4. The van der Waals surface area contributed by atoms with Crippen LogP contribution in [-0.2, 0) is 0 Å². The van der Waals surface area contributed by atoms with Crippen molar-refractivity contribution in [2.75, 3.05) is 16.8 Å². The number of para-hydroxylation sites is 1. The van der Waals surface area contributed by atoms with E-state index in [1.807, 2.05) is 0 Å². The molecule has 0 radical (unpaired) electrons. The Balaban J connectivity index is 1.72. The number of anilines is 3. The molecule has 6 heteroatoms. The molecule has 1 amide bonds. The number of amides is 1. The zero-order valence-corrected chi connectivity index (χ0v) is 20.6. The molecule has 182 valence electrons. The normalized spacial score (nSPS) is 14.1. The lowest BCUT2D eigenvalue weighted by Gasteiger charge is -2.25. The molecule has 0 bridgehead atoms. The second-order valence-electron chi connectivity index (χ2n) is 9.48. The van der Waals surface area contributed by atoms with Gasteiger partial charge in [-0.05, 0) is 70.9 Å². The molecule has 0 aliphatic carbocycles. The molecule has 0 saturated carbocycles. The first-order chi connectivity index (χ1) is 16.2. The van der Waals surface area contributed by atoms with Crippen LogP contribution in [0.3, 0.4) is 0 Å². The summed E-state index contributed by atoms with van der Waals surface area (Å²) in [5, 5.41) is 33.9. The van der Waals surface area contributed by atoms with Gasteiger partial charge in [0.05, 0.1) is 16.9 Å². The molecule has 34 heavy (non-hydrogen) atoms. The molecule has 0 saturated heterocycles. The number of hydrogen-bond donors (Lipinski definition) is 4. The summed E-state index contributed by atoms with van der Waals surface area (Å²) < 4.78 is 0. The Labute approximate surface area is 202 Å². The second kappa shape index (κ2) is 11.1. The van der Waals surface area contributed by atoms with E-state index in [1.165, 1.54) is 29.3 Å². The van der Waals surface area contributed by atoms with Crippen molar-refractivity contribution in [2.24, 2.45) is 5.92 Å². The lowest BCUT2D eigenvalue weighted by atomic mass is 9.99. The van der Waals surface area contributed by atoms with Gasteiger partial charge in [-0.3, -0.25) is 4.79 Å². The third kappa shape index (κ3) is 6.13. The van der Waals surface area contributed by atoms with Crippen LogP contribution in [0.1, 0.15) is 70.2 Å². The van der Waals surface area contributed by atoms with Crippen LogP contribution >= 0.6 is 0 Å². The SMILES string of the molecule is CC(C)=CCC/C(C)=C/CCC(C)CCN1C(=O)c2cccc(O)c2Nc2c(O)cc(O)cc21. The minimum atomic E-state index is -0.288. The van der Waals surface area contributed by atoms with Gasteiger partial charge in [0.1, 0.15) is 22.9 Å². The van der Waals surface area contributed by atoms with E-state index in [0.717, 1.165) is 32.1 Å². The maximum Gasteiger partial charge on any atom is 0.260 e. The van der Waals surface area contributed by atoms with Crippen LogP contribution in [-0.4, -0.2) is 27.8 Å². The van der Waals surface area contributed by atoms with Gasteiger partial charge in [-0.25, -0.2) is 0 Å². The number of fused-ring (bicyclic) bond motifs is 2. The van der Waals surface area contributed by atoms with Crippen LogP contribution < -0.4 is 10.2 Å². The van der Waals surface area contributed by atoms with Gasteiger partial charge in [-0.1, -0.05) is 36.3 Å². The number of aromatic hydroxyl groups is 3. The molecule has 1 aliphatic heterocycles. The first-order valence-electron chi connectivity index (χ1n) is 11.9. The summed E-state index contributed by atoms with van der Waals surface area (Å²) in [6.45, 7) is 9.02. The summed E-state index contributed by atoms with van der Waals surface area (Å²) in [6, 6.07) is 7.43. The third-order valence-electron chi connectivity index (χ3n) is 6.23. The van der Waals surface area contributed by atoms with E-state index in [-0.39, 0.29) is 34.5 Å². The van der Waals surface area contributed by atoms with Gasteiger partial charge in [0.15, 0.2) is 0 Å². The molecular formula is C28H36N2O4. The Hall–Kier alpha value is -3.41. The van der Waals surface area contributed by atoms with Crippen LogP contribution in [0.2, 0.25) is 0 Å². The molecule has 0 spiro atoms. The smallest absolute Gasteiger partial charge is 0.260 e. The van der Waals surface area contributed by atoms with E-state index in [4.69, 9.17) is 0 Å². The van der Waals surface area contributed by atoms with E-state index >= 15 is 0 Å². The maximum absolute atomic E-state index is 13.4. The summed E-state index contributed by atoms with van der Waals surface area (Å²) >= 11 is 0. The number of rotatable bonds is 9. The minimum absolute atomic E-state index is 0.0776. The molecule has 2 aromatic rings. The predicted octanol–water partition coefficient (Wildman–Crippen LogP) is 7.01. The van der Waals surface area contributed by atoms with Crippen molar-refractivity contribution in [1.82, 2.24) is 0 Å². The number of nitrogens with zero attached hydrogens (tertiary/aromatic N) is 1. The molecule has 1 atom stereocenters. The van der Waals surface area contributed by atoms with Crippen molar-refractivity contribution in [1.29, 1.82) is 0 Å². The molecule has 6 nitrogen and oxygen atoms in total. The molecule has 1 heterocycles. The predicted molar refractivity (Wildman–Crippen MR) is 138 cm³/mol. The fourth-order valence-corrected chi connectivity index (χ4v) is 4.19. The third-order valence-corrected chi connectivity index (χ3v) is 6.23. The van der Waals surface area contributed by atoms with E-state index in [0.29, 0.717) is 23.7 Å². The molecule has 1 unspecified atom stereocenters. The molecule has 4 N–H and O–H groups in total. The highest BCUT2D eigenvalue weighted by molar-refractivity contribution is 6.15. The van der Waals surface area contributed by atoms with Crippen molar-refractivity contribution < 1.29 is 20.1 Å². The summed E-state index contributed by atoms with van der Waals surface area (Å²) in [6.07, 6.45) is 9.48. The fourth-order valence-electron chi connectivity index (χ4n) is 4.19. The van der Waals surface area contributed by atoms with Crippen molar-refractivity contribution in [3.63, 3.8) is 0 Å². The van der Waals surface area contributed by atoms with E-state index < -0.39 is 0 Å². The molecule has 0 aromatic heterocycles. The van der Waals surface area contributed by atoms with Gasteiger partial charge >= 0.3 is 0 Å². The van der Waals surface area contributed by atoms with Crippen LogP contribution in [0.4, 0.5) is 17.1 Å². The van der Waals surface area contributed by atoms with E-state index in [9.17, 15) is 20.1 Å². The zero-order chi connectivity index (χ0) is 24.8. The van der Waals surface area contributed by atoms with E-state index in [2.05, 4.69) is 45.2 Å². The molecule has 3 rings (SSSR count). The number of hydrogen-bond acceptors (Lipinski definition) is 5. The second-order valence-corrected chi connectivity index (χ2v) is 9.48. The van der Waals surface area contributed by atoms with Gasteiger partial charge in [-0.2, -0.15) is 0 Å². The number of benzene rings is 2. The van der Waals surface area contributed by atoms with Crippen LogP contribution in [0, 0.1) is 5.92 Å². The quantitative estimate of drug-likeness (QED) is 0.182. The lowest BCUT2D eigenvalue weighted by Crippen LogP contribution is -2.32. The summed E-state index contributed by atoms with van der Waals surface area (Å²) in [4.78, 5) is 15.0. The van der Waals surface area contributed by atoms with Gasteiger partial charge < -0.3 is 25.5 Å². The van der Waals surface area contributed by atoms with Crippen molar-refractivity contribution in [2.45, 2.75) is 59.8 Å². The monoisotopic (exact) mass is 464 g/mol. The molecule has 1 aliphatic rings. The van der Waals surface area contributed by atoms with Crippen molar-refractivity contribution in [3.05, 3.63) is 59.2 Å². The Morgan fingerprint density at radius 3 is 2.50 bits per heavy atom. The van der Waals surface area contributed by atoms with Crippen LogP contribution in [0.15, 0.2) is 53.6 Å². The molecule has 2 aromatic carbocycles. The number of carbonyl (C=O) groups is 1. The standard InChI is InChI=1S/C28H36N2O4/c1-18(2)8-5-9-19(3)10-6-11-20(4)14-15-30-23-16-21(31)17-25(33)27(23)29-26-22(28(30)34)12-7-13-24(26)32/h7-8,10,12-13,16-17,20,29,31-33H,5-6,9,11,14-15H2,1-4H3/b19-10+. The highest BCUT2D eigenvalue weighted by atomic mass is 16.3. The Bertz CT molecular complexity index is 1100. The summed E-state index contributed by atoms with van der Waals surface area (Å²) in [7, 11) is 0. The zero-order valence-electron chi connectivity index (χ0n) is 20.6.